The normalized spacial score (nSPS) is 9.81. The molecule has 0 radical (unpaired) electrons. The number of halogens is 1. The number of phenolic OH excluding ortho intramolecular Hbond substituents is 1. The van der Waals surface area contributed by atoms with Crippen LogP contribution in [-0.4, -0.2) is 22.7 Å². The van der Waals surface area contributed by atoms with Crippen molar-refractivity contribution in [1.29, 1.82) is 0 Å². The lowest BCUT2D eigenvalue weighted by molar-refractivity contribution is 0.0951. The largest absolute Gasteiger partial charge is 0.507 e. The fourth-order valence-electron chi connectivity index (χ4n) is 1.60. The van der Waals surface area contributed by atoms with Gasteiger partial charge in [0.2, 0.25) is 0 Å². The van der Waals surface area contributed by atoms with Crippen LogP contribution in [-0.2, 0) is 6.54 Å². The van der Waals surface area contributed by atoms with Gasteiger partial charge in [0.15, 0.2) is 0 Å². The first-order valence-electron chi connectivity index (χ1n) is 6.04. The molecule has 4 nitrogen and oxygen atoms in total. The van der Waals surface area contributed by atoms with Crippen LogP contribution in [0.5, 0.6) is 5.75 Å². The molecule has 0 aliphatic carbocycles. The molecule has 0 aliphatic heterocycles. The number of aliphatic hydroxyl groups excluding tert-OH is 1. The van der Waals surface area contributed by atoms with Crippen LogP contribution in [0.15, 0.2) is 29.6 Å². The molecule has 108 valence electrons. The van der Waals surface area contributed by atoms with Gasteiger partial charge in [0.25, 0.3) is 5.91 Å². The summed E-state index contributed by atoms with van der Waals surface area (Å²) in [6, 6.07) is 6.69. The molecular weight excluding hydrogens is 401 g/mol. The van der Waals surface area contributed by atoms with E-state index in [0.29, 0.717) is 15.7 Å². The molecule has 0 aliphatic rings. The van der Waals surface area contributed by atoms with Crippen molar-refractivity contribution in [3.63, 3.8) is 0 Å². The molecule has 0 spiro atoms. The van der Waals surface area contributed by atoms with E-state index in [-0.39, 0.29) is 18.3 Å². The van der Waals surface area contributed by atoms with Crippen LogP contribution in [0, 0.1) is 15.4 Å². The fourth-order valence-corrected chi connectivity index (χ4v) is 2.70. The Morgan fingerprint density at radius 3 is 2.90 bits per heavy atom. The first-order chi connectivity index (χ1) is 10.1. The Morgan fingerprint density at radius 1 is 1.38 bits per heavy atom. The second-order valence-electron chi connectivity index (χ2n) is 4.11. The van der Waals surface area contributed by atoms with Gasteiger partial charge in [0.1, 0.15) is 12.4 Å². The van der Waals surface area contributed by atoms with Crippen molar-refractivity contribution in [1.82, 2.24) is 5.32 Å². The number of aliphatic hydroxyl groups is 1. The highest BCUT2D eigenvalue weighted by Crippen LogP contribution is 2.20. The minimum Gasteiger partial charge on any atom is -0.507 e. The predicted molar refractivity (Wildman–Crippen MR) is 90.3 cm³/mol. The Hall–Kier alpha value is -1.56. The molecule has 1 aromatic carbocycles. The topological polar surface area (TPSA) is 69.6 Å². The van der Waals surface area contributed by atoms with E-state index in [4.69, 9.17) is 5.11 Å². The van der Waals surface area contributed by atoms with Crippen molar-refractivity contribution in [2.24, 2.45) is 0 Å². The maximum absolute atomic E-state index is 12.0. The number of thiophene rings is 1. The van der Waals surface area contributed by atoms with Gasteiger partial charge < -0.3 is 15.5 Å². The summed E-state index contributed by atoms with van der Waals surface area (Å²) < 4.78 is 0.703. The molecule has 6 heteroatoms. The SMILES string of the molecule is O=C(NCc1cc(C#CCO)cs1)c1ccc(I)c(O)c1. The molecule has 0 unspecified atom stereocenters. The van der Waals surface area contributed by atoms with Gasteiger partial charge in [0, 0.05) is 21.4 Å². The van der Waals surface area contributed by atoms with Crippen LogP contribution < -0.4 is 5.32 Å². The third kappa shape index (κ3) is 4.46. The molecule has 0 saturated heterocycles. The zero-order valence-corrected chi connectivity index (χ0v) is 13.9. The van der Waals surface area contributed by atoms with Gasteiger partial charge >= 0.3 is 0 Å². The van der Waals surface area contributed by atoms with E-state index >= 15 is 0 Å². The molecule has 0 saturated carbocycles. The predicted octanol–water partition coefficient (Wildman–Crippen LogP) is 2.33. The monoisotopic (exact) mass is 413 g/mol. The van der Waals surface area contributed by atoms with E-state index < -0.39 is 0 Å². The molecule has 3 N–H and O–H groups in total. The van der Waals surface area contributed by atoms with Crippen LogP contribution in [0.3, 0.4) is 0 Å². The molecule has 0 fully saturated rings. The average molecular weight is 413 g/mol. The number of aromatic hydroxyl groups is 1. The highest BCUT2D eigenvalue weighted by molar-refractivity contribution is 14.1. The van der Waals surface area contributed by atoms with Crippen molar-refractivity contribution >= 4 is 39.8 Å². The summed E-state index contributed by atoms with van der Waals surface area (Å²) in [4.78, 5) is 13.0. The van der Waals surface area contributed by atoms with Gasteiger partial charge in [0.05, 0.1) is 10.1 Å². The van der Waals surface area contributed by atoms with Crippen molar-refractivity contribution in [2.75, 3.05) is 6.61 Å². The number of phenols is 1. The van der Waals surface area contributed by atoms with Crippen LogP contribution in [0.1, 0.15) is 20.8 Å². The summed E-state index contributed by atoms with van der Waals surface area (Å²) >= 11 is 3.49. The molecule has 0 bridgehead atoms. The molecule has 1 amide bonds. The molecule has 2 aromatic rings. The van der Waals surface area contributed by atoms with Crippen molar-refractivity contribution < 1.29 is 15.0 Å². The smallest absolute Gasteiger partial charge is 0.251 e. The van der Waals surface area contributed by atoms with Gasteiger partial charge in [-0.15, -0.1) is 11.3 Å². The standard InChI is InChI=1S/C15H12INO3S/c16-13-4-3-11(7-14(13)19)15(20)17-8-12-6-10(9-21-12)2-1-5-18/h3-4,6-7,9,18-19H,5,8H2,(H,17,20). The Labute approximate surface area is 140 Å². The molecule has 1 aromatic heterocycles. The molecule has 21 heavy (non-hydrogen) atoms. The summed E-state index contributed by atoms with van der Waals surface area (Å²) in [5.74, 6) is 5.25. The second-order valence-corrected chi connectivity index (χ2v) is 6.27. The van der Waals surface area contributed by atoms with Gasteiger partial charge in [-0.05, 0) is 46.9 Å². The Kier molecular flexibility index (Phi) is 5.61. The zero-order valence-electron chi connectivity index (χ0n) is 10.9. The quantitative estimate of drug-likeness (QED) is 0.535. The maximum atomic E-state index is 12.0. The van der Waals surface area contributed by atoms with Gasteiger partial charge in [-0.1, -0.05) is 11.8 Å². The number of carbonyl (C=O) groups is 1. The number of carbonyl (C=O) groups excluding carboxylic acids is 1. The van der Waals surface area contributed by atoms with Crippen molar-refractivity contribution in [3.05, 3.63) is 49.2 Å². The number of nitrogens with one attached hydrogen (secondary N) is 1. The molecule has 0 atom stereocenters. The van der Waals surface area contributed by atoms with E-state index in [1.54, 1.807) is 12.1 Å². The first kappa shape index (κ1) is 15.8. The number of hydrogen-bond acceptors (Lipinski definition) is 4. The number of hydrogen-bond donors (Lipinski definition) is 3. The maximum Gasteiger partial charge on any atom is 0.251 e. The van der Waals surface area contributed by atoms with E-state index in [1.165, 1.54) is 17.4 Å². The summed E-state index contributed by atoms with van der Waals surface area (Å²) in [7, 11) is 0. The van der Waals surface area contributed by atoms with Gasteiger partial charge in [-0.2, -0.15) is 0 Å². The van der Waals surface area contributed by atoms with Crippen LogP contribution in [0.4, 0.5) is 0 Å². The molecule has 2 rings (SSSR count). The minimum atomic E-state index is -0.238. The lowest BCUT2D eigenvalue weighted by Gasteiger charge is -2.05. The van der Waals surface area contributed by atoms with Crippen LogP contribution in [0.2, 0.25) is 0 Å². The van der Waals surface area contributed by atoms with Crippen molar-refractivity contribution in [3.8, 4) is 17.6 Å². The summed E-state index contributed by atoms with van der Waals surface area (Å²) in [5, 5.41) is 22.9. The number of amides is 1. The van der Waals surface area contributed by atoms with E-state index in [9.17, 15) is 9.90 Å². The highest BCUT2D eigenvalue weighted by Gasteiger charge is 2.08. The second kappa shape index (κ2) is 7.45. The van der Waals surface area contributed by atoms with Gasteiger partial charge in [-0.25, -0.2) is 0 Å². The minimum absolute atomic E-state index is 0.0981. The van der Waals surface area contributed by atoms with Gasteiger partial charge in [-0.3, -0.25) is 4.79 Å². The van der Waals surface area contributed by atoms with Crippen LogP contribution >= 0.6 is 33.9 Å². The molecule has 1 heterocycles. The summed E-state index contributed by atoms with van der Waals surface area (Å²) in [6.07, 6.45) is 0. The lowest BCUT2D eigenvalue weighted by atomic mass is 10.2. The number of benzene rings is 1. The summed E-state index contributed by atoms with van der Waals surface area (Å²) in [5.41, 5.74) is 1.25. The Morgan fingerprint density at radius 2 is 2.19 bits per heavy atom. The van der Waals surface area contributed by atoms with Crippen LogP contribution in [0.25, 0.3) is 0 Å². The third-order valence-electron chi connectivity index (χ3n) is 2.60. The van der Waals surface area contributed by atoms with E-state index in [1.807, 2.05) is 34.0 Å². The molecular formula is C15H12INO3S. The van der Waals surface area contributed by atoms with E-state index in [2.05, 4.69) is 17.2 Å². The zero-order chi connectivity index (χ0) is 15.2. The summed E-state index contributed by atoms with van der Waals surface area (Å²) in [6.45, 7) is 0.231. The van der Waals surface area contributed by atoms with Crippen molar-refractivity contribution in [2.45, 2.75) is 6.54 Å². The lowest BCUT2D eigenvalue weighted by Crippen LogP contribution is -2.22. The average Bonchev–Trinajstić information content (AvgIpc) is 2.93. The Bertz CT molecular complexity index is 715. The Balaban J connectivity index is 1.97. The number of rotatable bonds is 3. The first-order valence-corrected chi connectivity index (χ1v) is 8.00. The fraction of sp³-hybridized carbons (Fsp3) is 0.133. The third-order valence-corrected chi connectivity index (χ3v) is 4.45. The highest BCUT2D eigenvalue weighted by atomic mass is 127. The van der Waals surface area contributed by atoms with E-state index in [0.717, 1.165) is 10.4 Å².